The quantitative estimate of drug-likeness (QED) is 0.620. The van der Waals surface area contributed by atoms with Gasteiger partial charge >= 0.3 is 0 Å². The molecule has 0 saturated heterocycles. The van der Waals surface area contributed by atoms with Crippen LogP contribution in [-0.2, 0) is 0 Å². The fraction of sp³-hybridized carbons (Fsp3) is 0.263. The average Bonchev–Trinajstić information content (AvgIpc) is 3.00. The van der Waals surface area contributed by atoms with E-state index in [9.17, 15) is 0 Å². The summed E-state index contributed by atoms with van der Waals surface area (Å²) < 4.78 is 0. The van der Waals surface area contributed by atoms with E-state index in [1.54, 1.807) is 0 Å². The molecule has 0 radical (unpaired) electrons. The van der Waals surface area contributed by atoms with Crippen molar-refractivity contribution in [1.82, 2.24) is 0 Å². The normalized spacial score (nSPS) is 25.5. The lowest BCUT2D eigenvalue weighted by molar-refractivity contribution is 0.425. The van der Waals surface area contributed by atoms with Gasteiger partial charge in [-0.15, -0.1) is 0 Å². The Balaban J connectivity index is 1.84. The van der Waals surface area contributed by atoms with Gasteiger partial charge in [0.25, 0.3) is 0 Å². The molecular formula is C19H17Cl2N. The molecule has 1 heterocycles. The van der Waals surface area contributed by atoms with Gasteiger partial charge in [0.2, 0.25) is 0 Å². The lowest BCUT2D eigenvalue weighted by Crippen LogP contribution is -2.29. The maximum Gasteiger partial charge on any atom is 0.0554 e. The molecule has 112 valence electrons. The van der Waals surface area contributed by atoms with Gasteiger partial charge in [0.15, 0.2) is 0 Å². The number of anilines is 1. The van der Waals surface area contributed by atoms with E-state index >= 15 is 0 Å². The molecule has 2 aromatic carbocycles. The van der Waals surface area contributed by atoms with Crippen LogP contribution in [0, 0.1) is 12.8 Å². The van der Waals surface area contributed by atoms with Crippen molar-refractivity contribution in [3.8, 4) is 0 Å². The highest BCUT2D eigenvalue weighted by Gasteiger charge is 2.38. The van der Waals surface area contributed by atoms with Crippen LogP contribution in [-0.4, -0.2) is 0 Å². The topological polar surface area (TPSA) is 12.0 Å². The van der Waals surface area contributed by atoms with E-state index in [-0.39, 0.29) is 6.04 Å². The van der Waals surface area contributed by atoms with Crippen molar-refractivity contribution in [2.24, 2.45) is 5.92 Å². The first-order chi connectivity index (χ1) is 10.6. The van der Waals surface area contributed by atoms with E-state index in [2.05, 4.69) is 42.6 Å². The van der Waals surface area contributed by atoms with E-state index in [1.807, 2.05) is 18.2 Å². The number of fused-ring (bicyclic) bond motifs is 3. The van der Waals surface area contributed by atoms with Gasteiger partial charge in [0, 0.05) is 21.7 Å². The van der Waals surface area contributed by atoms with Gasteiger partial charge in [-0.2, -0.15) is 0 Å². The van der Waals surface area contributed by atoms with Gasteiger partial charge in [-0.05, 0) is 54.2 Å². The van der Waals surface area contributed by atoms with E-state index < -0.39 is 0 Å². The first kappa shape index (κ1) is 14.2. The number of nitrogens with one attached hydrogen (secondary N) is 1. The van der Waals surface area contributed by atoms with Crippen LogP contribution in [0.3, 0.4) is 0 Å². The first-order valence-corrected chi connectivity index (χ1v) is 8.38. The third-order valence-electron chi connectivity index (χ3n) is 4.94. The Morgan fingerprint density at radius 2 is 2.00 bits per heavy atom. The second-order valence-corrected chi connectivity index (χ2v) is 7.01. The van der Waals surface area contributed by atoms with E-state index in [0.717, 1.165) is 22.0 Å². The lowest BCUT2D eigenvalue weighted by Gasteiger charge is -2.38. The molecule has 0 fully saturated rings. The summed E-state index contributed by atoms with van der Waals surface area (Å²) in [7, 11) is 0. The summed E-state index contributed by atoms with van der Waals surface area (Å²) in [5.74, 6) is 0.989. The third-order valence-corrected chi connectivity index (χ3v) is 5.58. The molecule has 3 atom stereocenters. The highest BCUT2D eigenvalue weighted by atomic mass is 35.5. The Kier molecular flexibility index (Phi) is 3.43. The van der Waals surface area contributed by atoms with Crippen LogP contribution in [0.1, 0.15) is 35.1 Å². The molecule has 0 aromatic heterocycles. The molecule has 22 heavy (non-hydrogen) atoms. The molecule has 1 N–H and O–H groups in total. The molecule has 2 aliphatic rings. The highest BCUT2D eigenvalue weighted by molar-refractivity contribution is 6.31. The molecule has 1 aliphatic carbocycles. The Hall–Kier alpha value is -1.44. The molecule has 1 aliphatic heterocycles. The second kappa shape index (κ2) is 5.33. The molecule has 0 bridgehead atoms. The van der Waals surface area contributed by atoms with Crippen molar-refractivity contribution in [3.63, 3.8) is 0 Å². The predicted molar refractivity (Wildman–Crippen MR) is 94.0 cm³/mol. The fourth-order valence-electron chi connectivity index (χ4n) is 3.82. The Labute approximate surface area is 140 Å². The summed E-state index contributed by atoms with van der Waals surface area (Å²) in [6.45, 7) is 2.09. The second-order valence-electron chi connectivity index (χ2n) is 6.17. The molecule has 4 rings (SSSR count). The van der Waals surface area contributed by atoms with Crippen LogP contribution in [0.2, 0.25) is 10.0 Å². The number of hydrogen-bond acceptors (Lipinski definition) is 1. The minimum atomic E-state index is 0.267. The molecule has 0 saturated carbocycles. The summed E-state index contributed by atoms with van der Waals surface area (Å²) in [5, 5.41) is 5.34. The standard InChI is InChI=1S/C19H17Cl2N/c1-11-17(21)9-8-16-14-6-3-7-15(14)19(22-18(11)16)12-4-2-5-13(20)10-12/h2-6,8-10,14-15,19,22H,7H2,1H3/t14-,15+,19+/m0/s1. The van der Waals surface area contributed by atoms with Crippen LogP contribution < -0.4 is 5.32 Å². The zero-order valence-corrected chi connectivity index (χ0v) is 13.8. The van der Waals surface area contributed by atoms with Crippen molar-refractivity contribution in [3.05, 3.63) is 75.3 Å². The summed E-state index contributed by atoms with van der Waals surface area (Å²) in [5.41, 5.74) is 4.92. The Bertz CT molecular complexity index is 766. The van der Waals surface area contributed by atoms with Crippen molar-refractivity contribution < 1.29 is 0 Å². The van der Waals surface area contributed by atoms with E-state index in [4.69, 9.17) is 23.2 Å². The van der Waals surface area contributed by atoms with Crippen molar-refractivity contribution in [1.29, 1.82) is 0 Å². The number of allylic oxidation sites excluding steroid dienone is 2. The number of rotatable bonds is 1. The van der Waals surface area contributed by atoms with Crippen LogP contribution >= 0.6 is 23.2 Å². The lowest BCUT2D eigenvalue weighted by atomic mass is 9.76. The largest absolute Gasteiger partial charge is 0.377 e. The third kappa shape index (κ3) is 2.15. The molecule has 0 unspecified atom stereocenters. The monoisotopic (exact) mass is 329 g/mol. The van der Waals surface area contributed by atoms with E-state index in [0.29, 0.717) is 11.8 Å². The maximum absolute atomic E-state index is 6.33. The Morgan fingerprint density at radius 1 is 1.14 bits per heavy atom. The molecule has 3 heteroatoms. The van der Waals surface area contributed by atoms with Gasteiger partial charge in [-0.1, -0.05) is 53.6 Å². The van der Waals surface area contributed by atoms with Gasteiger partial charge in [-0.3, -0.25) is 0 Å². The number of hydrogen-bond donors (Lipinski definition) is 1. The number of halogens is 2. The number of benzene rings is 2. The summed E-state index contributed by atoms with van der Waals surface area (Å²) in [4.78, 5) is 0. The maximum atomic E-state index is 6.33. The molecule has 2 aromatic rings. The minimum Gasteiger partial charge on any atom is -0.377 e. The SMILES string of the molecule is Cc1c(Cl)ccc2c1N[C@H](c1cccc(Cl)c1)[C@@H]1CC=C[C@H]21. The average molecular weight is 330 g/mol. The zero-order valence-electron chi connectivity index (χ0n) is 12.3. The van der Waals surface area contributed by atoms with E-state index in [1.165, 1.54) is 16.8 Å². The van der Waals surface area contributed by atoms with Gasteiger partial charge in [0.1, 0.15) is 0 Å². The molecular weight excluding hydrogens is 313 g/mol. The summed E-state index contributed by atoms with van der Waals surface area (Å²) in [6.07, 6.45) is 5.73. The zero-order chi connectivity index (χ0) is 15.3. The van der Waals surface area contributed by atoms with Gasteiger partial charge < -0.3 is 5.32 Å². The van der Waals surface area contributed by atoms with Gasteiger partial charge in [0.05, 0.1) is 6.04 Å². The fourth-order valence-corrected chi connectivity index (χ4v) is 4.18. The van der Waals surface area contributed by atoms with Crippen molar-refractivity contribution in [2.75, 3.05) is 5.32 Å². The summed E-state index contributed by atoms with van der Waals surface area (Å²) in [6, 6.07) is 12.6. The van der Waals surface area contributed by atoms with Crippen LogP contribution in [0.5, 0.6) is 0 Å². The summed E-state index contributed by atoms with van der Waals surface area (Å²) >= 11 is 12.5. The van der Waals surface area contributed by atoms with Gasteiger partial charge in [-0.25, -0.2) is 0 Å². The molecule has 0 amide bonds. The van der Waals surface area contributed by atoms with Crippen LogP contribution in [0.4, 0.5) is 5.69 Å². The highest BCUT2D eigenvalue weighted by Crippen LogP contribution is 2.51. The molecule has 1 nitrogen and oxygen atoms in total. The predicted octanol–water partition coefficient (Wildman–Crippen LogP) is 6.13. The van der Waals surface area contributed by atoms with Crippen LogP contribution in [0.15, 0.2) is 48.6 Å². The molecule has 0 spiro atoms. The van der Waals surface area contributed by atoms with Crippen molar-refractivity contribution in [2.45, 2.75) is 25.3 Å². The minimum absolute atomic E-state index is 0.267. The van der Waals surface area contributed by atoms with Crippen LogP contribution in [0.25, 0.3) is 0 Å². The Morgan fingerprint density at radius 3 is 2.82 bits per heavy atom. The first-order valence-electron chi connectivity index (χ1n) is 7.63. The van der Waals surface area contributed by atoms with Crippen molar-refractivity contribution >= 4 is 28.9 Å². The smallest absolute Gasteiger partial charge is 0.0554 e.